The third kappa shape index (κ3) is 3.37. The van der Waals surface area contributed by atoms with E-state index in [1.807, 2.05) is 0 Å². The van der Waals surface area contributed by atoms with Crippen LogP contribution in [0.15, 0.2) is 18.2 Å². The number of non-ortho nitro benzene ring substituents is 1. The van der Waals surface area contributed by atoms with E-state index in [2.05, 4.69) is 0 Å². The van der Waals surface area contributed by atoms with E-state index in [0.29, 0.717) is 0 Å². The predicted octanol–water partition coefficient (Wildman–Crippen LogP) is -0.108. The molecule has 0 bridgehead atoms. The van der Waals surface area contributed by atoms with Crippen LogP contribution in [0, 0.1) is 10.1 Å². The second-order valence-electron chi connectivity index (χ2n) is 6.69. The number of hydrogen-bond acceptors (Lipinski definition) is 11. The number of ether oxygens (including phenoxy) is 4. The maximum absolute atomic E-state index is 12.4. The third-order valence-electron chi connectivity index (χ3n) is 4.70. The Bertz CT molecular complexity index is 936. The average molecular weight is 446 g/mol. The van der Waals surface area contributed by atoms with Crippen molar-refractivity contribution in [3.63, 3.8) is 0 Å². The summed E-state index contributed by atoms with van der Waals surface area (Å²) in [6.45, 7) is 1.58. The lowest BCUT2D eigenvalue weighted by molar-refractivity contribution is -0.384. The van der Waals surface area contributed by atoms with E-state index in [0.717, 1.165) is 32.0 Å². The van der Waals surface area contributed by atoms with Gasteiger partial charge in [-0.3, -0.25) is 24.5 Å². The highest BCUT2D eigenvalue weighted by Gasteiger charge is 2.90. The molecule has 0 aromatic heterocycles. The van der Waals surface area contributed by atoms with E-state index in [1.165, 1.54) is 0 Å². The lowest BCUT2D eigenvalue weighted by atomic mass is 9.98. The number of halogens is 1. The Kier molecular flexibility index (Phi) is 5.45. The summed E-state index contributed by atoms with van der Waals surface area (Å²) in [6.07, 6.45) is -4.91. The van der Waals surface area contributed by atoms with E-state index >= 15 is 0 Å². The molecule has 13 heteroatoms. The number of esters is 2. The maximum Gasteiger partial charge on any atom is 0.303 e. The molecule has 1 aliphatic heterocycles. The number of aliphatic hydroxyl groups is 2. The Morgan fingerprint density at radius 1 is 1.27 bits per heavy atom. The summed E-state index contributed by atoms with van der Waals surface area (Å²) in [5, 5.41) is 32.1. The summed E-state index contributed by atoms with van der Waals surface area (Å²) in [6, 6.07) is 3.15. The Hall–Kier alpha value is -2.80. The Morgan fingerprint density at radius 2 is 1.93 bits per heavy atom. The molecule has 1 saturated carbocycles. The van der Waals surface area contributed by atoms with E-state index in [1.54, 1.807) is 0 Å². The van der Waals surface area contributed by atoms with E-state index in [4.69, 9.17) is 30.5 Å². The standard InChI is InChI=1S/C17H16ClNO11/c1-7(20)27-6-12-13(28-8(2)21)16(23)14(22)17(16,24)15(30-12)29-11-4-3-9(19(25)26)5-10(11)18/h3-5,12-13,15,23-24H,6H2,1-2H3/t12-,13-,15-,16-,17-/m1/s1. The molecule has 12 nitrogen and oxygen atoms in total. The Morgan fingerprint density at radius 3 is 2.47 bits per heavy atom. The van der Waals surface area contributed by atoms with Gasteiger partial charge in [-0.2, -0.15) is 0 Å². The van der Waals surface area contributed by atoms with Crippen LogP contribution in [0.5, 0.6) is 5.75 Å². The second kappa shape index (κ2) is 7.47. The molecule has 2 N–H and O–H groups in total. The van der Waals surface area contributed by atoms with Crippen LogP contribution in [0.2, 0.25) is 5.02 Å². The van der Waals surface area contributed by atoms with E-state index < -0.39 is 59.0 Å². The highest BCUT2D eigenvalue weighted by atomic mass is 35.5. The third-order valence-corrected chi connectivity index (χ3v) is 5.00. The minimum Gasteiger partial charge on any atom is -0.463 e. The first kappa shape index (κ1) is 21.9. The van der Waals surface area contributed by atoms with Crippen molar-refractivity contribution >= 4 is 35.0 Å². The number of benzene rings is 1. The highest BCUT2D eigenvalue weighted by Crippen LogP contribution is 2.55. The highest BCUT2D eigenvalue weighted by molar-refractivity contribution is 6.32. The van der Waals surface area contributed by atoms with Gasteiger partial charge >= 0.3 is 11.9 Å². The summed E-state index contributed by atoms with van der Waals surface area (Å²) < 4.78 is 20.7. The van der Waals surface area contributed by atoms with Gasteiger partial charge in [0.1, 0.15) is 18.5 Å². The van der Waals surface area contributed by atoms with Crippen LogP contribution < -0.4 is 4.74 Å². The van der Waals surface area contributed by atoms with Crippen LogP contribution >= 0.6 is 11.6 Å². The molecule has 1 saturated heterocycles. The van der Waals surface area contributed by atoms with Crippen LogP contribution in [-0.2, 0) is 28.6 Å². The van der Waals surface area contributed by atoms with Crippen molar-refractivity contribution < 1.29 is 48.5 Å². The van der Waals surface area contributed by atoms with Gasteiger partial charge in [0.05, 0.1) is 9.95 Å². The van der Waals surface area contributed by atoms with Crippen molar-refractivity contribution in [3.8, 4) is 5.75 Å². The molecule has 1 heterocycles. The van der Waals surface area contributed by atoms with Crippen molar-refractivity contribution in [3.05, 3.63) is 33.3 Å². The number of hydrogen-bond donors (Lipinski definition) is 2. The molecule has 162 valence electrons. The van der Waals surface area contributed by atoms with E-state index in [9.17, 15) is 34.7 Å². The summed E-state index contributed by atoms with van der Waals surface area (Å²) in [7, 11) is 0. The van der Waals surface area contributed by atoms with Crippen molar-refractivity contribution in [2.45, 2.75) is 43.5 Å². The molecule has 2 aliphatic rings. The molecule has 0 amide bonds. The lowest BCUT2D eigenvalue weighted by Gasteiger charge is -2.39. The quantitative estimate of drug-likeness (QED) is 0.340. The molecule has 1 aromatic carbocycles. The SMILES string of the molecule is CC(=O)OC[C@H]1O[C@@H](Oc2ccc([N+](=O)[O-])cc2Cl)[C@]2(O)C(=O)[C@]2(O)[C@@H]1OC(C)=O. The van der Waals surface area contributed by atoms with Gasteiger partial charge in [-0.05, 0) is 6.07 Å². The van der Waals surface area contributed by atoms with Gasteiger partial charge in [-0.15, -0.1) is 0 Å². The summed E-state index contributed by atoms with van der Waals surface area (Å²) >= 11 is 5.95. The van der Waals surface area contributed by atoms with Crippen LogP contribution in [0.4, 0.5) is 5.69 Å². The van der Waals surface area contributed by atoms with Crippen LogP contribution in [0.25, 0.3) is 0 Å². The number of fused-ring (bicyclic) bond motifs is 1. The van der Waals surface area contributed by atoms with Gasteiger partial charge in [0.15, 0.2) is 6.10 Å². The molecule has 1 aliphatic carbocycles. The molecule has 1 aromatic rings. The molecule has 0 unspecified atom stereocenters. The molecule has 2 fully saturated rings. The first-order valence-corrected chi connectivity index (χ1v) is 8.87. The molecule has 0 radical (unpaired) electrons. The lowest BCUT2D eigenvalue weighted by Crippen LogP contribution is -2.61. The number of nitro groups is 1. The molecule has 30 heavy (non-hydrogen) atoms. The number of nitro benzene ring substituents is 1. The van der Waals surface area contributed by atoms with Crippen LogP contribution in [0.3, 0.4) is 0 Å². The number of ketones is 1. The van der Waals surface area contributed by atoms with Crippen LogP contribution in [-0.4, -0.2) is 69.2 Å². The number of carbonyl (C=O) groups is 3. The first-order valence-electron chi connectivity index (χ1n) is 8.49. The normalized spacial score (nSPS) is 32.0. The molecule has 0 spiro atoms. The fourth-order valence-corrected chi connectivity index (χ4v) is 3.43. The smallest absolute Gasteiger partial charge is 0.303 e. The fraction of sp³-hybridized carbons (Fsp3) is 0.471. The summed E-state index contributed by atoms with van der Waals surface area (Å²) in [5.41, 5.74) is -5.54. The average Bonchev–Trinajstić information content (AvgIpc) is 3.11. The van der Waals surface area contributed by atoms with Gasteiger partial charge < -0.3 is 29.2 Å². The van der Waals surface area contributed by atoms with E-state index in [-0.39, 0.29) is 16.5 Å². The van der Waals surface area contributed by atoms with Crippen molar-refractivity contribution in [1.29, 1.82) is 0 Å². The van der Waals surface area contributed by atoms with Crippen molar-refractivity contribution in [2.75, 3.05) is 6.61 Å². The number of nitrogens with zero attached hydrogens (tertiary/aromatic N) is 1. The van der Waals surface area contributed by atoms with Gasteiger partial charge in [0.25, 0.3) is 5.69 Å². The Labute approximate surface area is 173 Å². The minimum absolute atomic E-state index is 0.195. The van der Waals surface area contributed by atoms with Gasteiger partial charge in [0, 0.05) is 26.0 Å². The maximum atomic E-state index is 12.4. The zero-order valence-electron chi connectivity index (χ0n) is 15.6. The van der Waals surface area contributed by atoms with Crippen molar-refractivity contribution in [2.24, 2.45) is 0 Å². The zero-order valence-corrected chi connectivity index (χ0v) is 16.3. The molecule has 5 atom stereocenters. The fourth-order valence-electron chi connectivity index (χ4n) is 3.21. The zero-order chi connectivity index (χ0) is 22.4. The number of rotatable bonds is 6. The second-order valence-corrected chi connectivity index (χ2v) is 7.10. The van der Waals surface area contributed by atoms with Gasteiger partial charge in [0.2, 0.25) is 23.3 Å². The van der Waals surface area contributed by atoms with Crippen molar-refractivity contribution in [1.82, 2.24) is 0 Å². The summed E-state index contributed by atoms with van der Waals surface area (Å²) in [5.74, 6) is -2.94. The van der Waals surface area contributed by atoms with Gasteiger partial charge in [-0.25, -0.2) is 0 Å². The molecule has 3 rings (SSSR count). The Balaban J connectivity index is 1.92. The molecular weight excluding hydrogens is 430 g/mol. The minimum atomic E-state index is -2.62. The predicted molar refractivity (Wildman–Crippen MR) is 94.5 cm³/mol. The largest absolute Gasteiger partial charge is 0.463 e. The monoisotopic (exact) mass is 445 g/mol. The van der Waals surface area contributed by atoms with Gasteiger partial charge in [-0.1, -0.05) is 11.6 Å². The summed E-state index contributed by atoms with van der Waals surface area (Å²) in [4.78, 5) is 45.1. The number of Topliss-reactive ketones (excluding diaryl/α,β-unsaturated/α-hetero) is 1. The molecular formula is C17H16ClNO11. The van der Waals surface area contributed by atoms with Crippen LogP contribution in [0.1, 0.15) is 13.8 Å². The number of carbonyl (C=O) groups excluding carboxylic acids is 3. The topological polar surface area (TPSA) is 172 Å². The first-order chi connectivity index (χ1) is 13.9.